The predicted octanol–water partition coefficient (Wildman–Crippen LogP) is 4.50. The molecule has 2 atom stereocenters. The van der Waals surface area contributed by atoms with E-state index in [0.29, 0.717) is 5.92 Å². The Morgan fingerprint density at radius 2 is 1.96 bits per heavy atom. The molecular formula is C23H28N2OS. The fraction of sp³-hybridized carbons (Fsp3) is 0.391. The third kappa shape index (κ3) is 4.58. The van der Waals surface area contributed by atoms with E-state index in [4.69, 9.17) is 4.74 Å². The van der Waals surface area contributed by atoms with Gasteiger partial charge in [0.15, 0.2) is 0 Å². The lowest BCUT2D eigenvalue weighted by molar-refractivity contribution is 0.00800. The number of hydrogen-bond donors (Lipinski definition) is 1. The zero-order chi connectivity index (χ0) is 18.5. The van der Waals surface area contributed by atoms with E-state index >= 15 is 0 Å². The van der Waals surface area contributed by atoms with Crippen LogP contribution in [0.2, 0.25) is 0 Å². The molecule has 1 aliphatic rings. The molecule has 4 heteroatoms. The SMILES string of the molecule is CN(CCC(c1csc2ccccc12)C1CNCCO1)Cc1ccccc1. The van der Waals surface area contributed by atoms with Crippen LogP contribution in [0.5, 0.6) is 0 Å². The lowest BCUT2D eigenvalue weighted by Gasteiger charge is -2.32. The standard InChI is InChI=1S/C23H28N2OS/c1-25(16-18-7-3-2-4-8-18)13-11-19(22-15-24-12-14-26-22)21-17-27-23-10-6-5-9-20(21)23/h2-10,17,19,22,24H,11-16H2,1H3. The maximum absolute atomic E-state index is 6.19. The van der Waals surface area contributed by atoms with Crippen LogP contribution >= 0.6 is 11.3 Å². The zero-order valence-corrected chi connectivity index (χ0v) is 16.8. The third-order valence-corrected chi connectivity index (χ3v) is 6.41. The van der Waals surface area contributed by atoms with E-state index in [9.17, 15) is 0 Å². The fourth-order valence-corrected chi connectivity index (χ4v) is 5.03. The van der Waals surface area contributed by atoms with Crippen LogP contribution in [-0.4, -0.2) is 44.3 Å². The van der Waals surface area contributed by atoms with E-state index in [1.807, 2.05) is 11.3 Å². The van der Waals surface area contributed by atoms with Crippen LogP contribution in [0.3, 0.4) is 0 Å². The minimum atomic E-state index is 0.252. The Bertz CT molecular complexity index is 842. The number of thiophene rings is 1. The second-order valence-corrected chi connectivity index (χ2v) is 8.33. The summed E-state index contributed by atoms with van der Waals surface area (Å²) in [5, 5.41) is 7.26. The second kappa shape index (κ2) is 8.98. The summed E-state index contributed by atoms with van der Waals surface area (Å²) in [4.78, 5) is 2.42. The van der Waals surface area contributed by atoms with E-state index in [1.165, 1.54) is 21.2 Å². The van der Waals surface area contributed by atoms with E-state index in [2.05, 4.69) is 77.2 Å². The third-order valence-electron chi connectivity index (χ3n) is 5.43. The summed E-state index contributed by atoms with van der Waals surface area (Å²) >= 11 is 1.85. The number of nitrogens with one attached hydrogen (secondary N) is 1. The Balaban J connectivity index is 1.50. The first-order valence-corrected chi connectivity index (χ1v) is 10.7. The van der Waals surface area contributed by atoms with Crippen LogP contribution in [0.1, 0.15) is 23.5 Å². The van der Waals surface area contributed by atoms with Gasteiger partial charge in [-0.05, 0) is 48.0 Å². The van der Waals surface area contributed by atoms with Crippen molar-refractivity contribution in [3.8, 4) is 0 Å². The summed E-state index contributed by atoms with van der Waals surface area (Å²) in [5.41, 5.74) is 2.82. The summed E-state index contributed by atoms with van der Waals surface area (Å²) in [6.45, 7) is 4.76. The van der Waals surface area contributed by atoms with Crippen molar-refractivity contribution >= 4 is 21.4 Å². The summed E-state index contributed by atoms with van der Waals surface area (Å²) in [7, 11) is 2.22. The van der Waals surface area contributed by atoms with Crippen molar-refractivity contribution in [1.82, 2.24) is 10.2 Å². The van der Waals surface area contributed by atoms with Crippen molar-refractivity contribution in [3.05, 3.63) is 71.1 Å². The Kier molecular flexibility index (Phi) is 6.20. The van der Waals surface area contributed by atoms with Gasteiger partial charge in [0.1, 0.15) is 0 Å². The largest absolute Gasteiger partial charge is 0.375 e. The molecule has 0 spiro atoms. The van der Waals surface area contributed by atoms with Gasteiger partial charge in [-0.25, -0.2) is 0 Å². The van der Waals surface area contributed by atoms with Gasteiger partial charge >= 0.3 is 0 Å². The van der Waals surface area contributed by atoms with Gasteiger partial charge in [0.2, 0.25) is 0 Å². The van der Waals surface area contributed by atoms with Gasteiger partial charge in [-0.1, -0.05) is 48.5 Å². The van der Waals surface area contributed by atoms with Crippen LogP contribution in [-0.2, 0) is 11.3 Å². The molecule has 1 saturated heterocycles. The maximum atomic E-state index is 6.19. The number of morpholine rings is 1. The van der Waals surface area contributed by atoms with E-state index in [-0.39, 0.29) is 6.10 Å². The smallest absolute Gasteiger partial charge is 0.0769 e. The molecule has 1 aromatic heterocycles. The first-order chi connectivity index (χ1) is 13.3. The Hall–Kier alpha value is -1.72. The minimum absolute atomic E-state index is 0.252. The molecule has 27 heavy (non-hydrogen) atoms. The summed E-state index contributed by atoms with van der Waals surface area (Å²) in [6, 6.07) is 19.5. The maximum Gasteiger partial charge on any atom is 0.0769 e. The zero-order valence-electron chi connectivity index (χ0n) is 15.9. The van der Waals surface area contributed by atoms with Gasteiger partial charge in [-0.2, -0.15) is 0 Å². The van der Waals surface area contributed by atoms with Crippen LogP contribution < -0.4 is 5.32 Å². The van der Waals surface area contributed by atoms with Crippen molar-refractivity contribution in [3.63, 3.8) is 0 Å². The number of fused-ring (bicyclic) bond motifs is 1. The predicted molar refractivity (Wildman–Crippen MR) is 115 cm³/mol. The molecule has 2 aromatic carbocycles. The summed E-state index contributed by atoms with van der Waals surface area (Å²) in [6.07, 6.45) is 1.36. The van der Waals surface area contributed by atoms with Gasteiger partial charge in [0, 0.05) is 30.3 Å². The molecular weight excluding hydrogens is 352 g/mol. The molecule has 3 aromatic rings. The second-order valence-electron chi connectivity index (χ2n) is 7.42. The lowest BCUT2D eigenvalue weighted by Crippen LogP contribution is -2.42. The number of rotatable bonds is 7. The van der Waals surface area contributed by atoms with Gasteiger partial charge in [-0.3, -0.25) is 0 Å². The number of hydrogen-bond acceptors (Lipinski definition) is 4. The van der Waals surface area contributed by atoms with Gasteiger partial charge < -0.3 is 15.0 Å². The molecule has 1 fully saturated rings. The van der Waals surface area contributed by atoms with Crippen molar-refractivity contribution in [2.24, 2.45) is 0 Å². The van der Waals surface area contributed by atoms with E-state index in [0.717, 1.165) is 39.2 Å². The summed E-state index contributed by atoms with van der Waals surface area (Å²) < 4.78 is 7.56. The Labute approximate surface area is 166 Å². The number of benzene rings is 2. The van der Waals surface area contributed by atoms with Crippen molar-refractivity contribution in [2.75, 3.05) is 33.3 Å². The molecule has 0 radical (unpaired) electrons. The van der Waals surface area contributed by atoms with Gasteiger partial charge in [0.25, 0.3) is 0 Å². The topological polar surface area (TPSA) is 24.5 Å². The van der Waals surface area contributed by atoms with Gasteiger partial charge in [-0.15, -0.1) is 11.3 Å². The molecule has 1 N–H and O–H groups in total. The van der Waals surface area contributed by atoms with E-state index in [1.54, 1.807) is 0 Å². The minimum Gasteiger partial charge on any atom is -0.375 e. The molecule has 0 saturated carbocycles. The highest BCUT2D eigenvalue weighted by atomic mass is 32.1. The molecule has 142 valence electrons. The van der Waals surface area contributed by atoms with Crippen molar-refractivity contribution < 1.29 is 4.74 Å². The van der Waals surface area contributed by atoms with Crippen LogP contribution in [0.4, 0.5) is 0 Å². The fourth-order valence-electron chi connectivity index (χ4n) is 4.00. The van der Waals surface area contributed by atoms with E-state index < -0.39 is 0 Å². The highest BCUT2D eigenvalue weighted by molar-refractivity contribution is 7.17. The number of ether oxygens (including phenoxy) is 1. The molecule has 2 unspecified atom stereocenters. The van der Waals surface area contributed by atoms with Crippen LogP contribution in [0.15, 0.2) is 60.0 Å². The number of nitrogens with zero attached hydrogens (tertiary/aromatic N) is 1. The average molecular weight is 381 g/mol. The molecule has 4 rings (SSSR count). The normalized spacial score (nSPS) is 18.8. The Morgan fingerprint density at radius 3 is 2.78 bits per heavy atom. The van der Waals surface area contributed by atoms with Crippen molar-refractivity contribution in [1.29, 1.82) is 0 Å². The summed E-state index contributed by atoms with van der Waals surface area (Å²) in [5.74, 6) is 0.423. The lowest BCUT2D eigenvalue weighted by atomic mass is 9.89. The highest BCUT2D eigenvalue weighted by Gasteiger charge is 2.28. The van der Waals surface area contributed by atoms with Crippen LogP contribution in [0.25, 0.3) is 10.1 Å². The Morgan fingerprint density at radius 1 is 1.15 bits per heavy atom. The quantitative estimate of drug-likeness (QED) is 0.653. The molecule has 3 nitrogen and oxygen atoms in total. The molecule has 2 heterocycles. The van der Waals surface area contributed by atoms with Gasteiger partial charge in [0.05, 0.1) is 12.7 Å². The molecule has 0 amide bonds. The first-order valence-electron chi connectivity index (χ1n) is 9.82. The molecule has 0 aliphatic carbocycles. The molecule has 0 bridgehead atoms. The highest BCUT2D eigenvalue weighted by Crippen LogP contribution is 2.36. The average Bonchev–Trinajstić information content (AvgIpc) is 3.14. The first kappa shape index (κ1) is 18.6. The van der Waals surface area contributed by atoms with Crippen molar-refractivity contribution in [2.45, 2.75) is 25.0 Å². The van der Waals surface area contributed by atoms with Crippen LogP contribution in [0, 0.1) is 0 Å². The monoisotopic (exact) mass is 380 g/mol. The molecule has 1 aliphatic heterocycles.